The first-order chi connectivity index (χ1) is 5.81. The number of methoxy groups -OCH3 is 2. The van der Waals surface area contributed by atoms with Gasteiger partial charge in [-0.1, -0.05) is 0 Å². The Morgan fingerprint density at radius 1 is 1.08 bits per heavy atom. The predicted molar refractivity (Wildman–Crippen MR) is 47.2 cm³/mol. The molecule has 0 heterocycles. The quantitative estimate of drug-likeness (QED) is 0.531. The topological polar surface area (TPSA) is 53.7 Å². The Morgan fingerprint density at radius 3 is 2.42 bits per heavy atom. The Labute approximate surface area is 74.0 Å². The zero-order valence-electron chi connectivity index (χ0n) is 7.91. The minimum atomic E-state index is -0.0162. The molecule has 2 N–H and O–H groups in total. The summed E-state index contributed by atoms with van der Waals surface area (Å²) < 4.78 is 15.0. The Hall–Kier alpha value is -0.160. The van der Waals surface area contributed by atoms with Crippen molar-refractivity contribution < 1.29 is 14.2 Å². The molecular formula is C8H19NO3. The van der Waals surface area contributed by atoms with Gasteiger partial charge in [-0.15, -0.1) is 0 Å². The molecule has 4 nitrogen and oxygen atoms in total. The molecule has 0 aromatic heterocycles. The van der Waals surface area contributed by atoms with Gasteiger partial charge in [0.25, 0.3) is 0 Å². The number of ether oxygens (including phenoxy) is 3. The lowest BCUT2D eigenvalue weighted by molar-refractivity contribution is 0.0723. The van der Waals surface area contributed by atoms with Crippen molar-refractivity contribution in [3.05, 3.63) is 0 Å². The van der Waals surface area contributed by atoms with Crippen molar-refractivity contribution in [3.8, 4) is 0 Å². The molecule has 4 heteroatoms. The minimum Gasteiger partial charge on any atom is -0.385 e. The first kappa shape index (κ1) is 11.8. The molecule has 1 atom stereocenters. The number of hydrogen-bond acceptors (Lipinski definition) is 4. The van der Waals surface area contributed by atoms with E-state index in [0.717, 1.165) is 13.0 Å². The van der Waals surface area contributed by atoms with Gasteiger partial charge < -0.3 is 19.9 Å². The normalized spacial score (nSPS) is 13.2. The van der Waals surface area contributed by atoms with Crippen LogP contribution < -0.4 is 5.73 Å². The summed E-state index contributed by atoms with van der Waals surface area (Å²) in [4.78, 5) is 0. The first-order valence-corrected chi connectivity index (χ1v) is 4.12. The highest BCUT2D eigenvalue weighted by Gasteiger charge is 2.00. The summed E-state index contributed by atoms with van der Waals surface area (Å²) in [6.07, 6.45) is 0.913. The maximum atomic E-state index is 5.62. The minimum absolute atomic E-state index is 0.0162. The van der Waals surface area contributed by atoms with Gasteiger partial charge in [0.05, 0.1) is 19.3 Å². The molecule has 0 aliphatic carbocycles. The van der Waals surface area contributed by atoms with E-state index < -0.39 is 0 Å². The van der Waals surface area contributed by atoms with Crippen molar-refractivity contribution in [1.29, 1.82) is 0 Å². The summed E-state index contributed by atoms with van der Waals surface area (Å²) in [6.45, 7) is 2.53. The Morgan fingerprint density at radius 2 is 1.83 bits per heavy atom. The van der Waals surface area contributed by atoms with E-state index in [1.807, 2.05) is 0 Å². The second kappa shape index (κ2) is 8.93. The van der Waals surface area contributed by atoms with E-state index >= 15 is 0 Å². The third-order valence-electron chi connectivity index (χ3n) is 1.35. The predicted octanol–water partition coefficient (Wildman–Crippen LogP) is 0.0132. The molecule has 1 unspecified atom stereocenters. The van der Waals surface area contributed by atoms with Crippen molar-refractivity contribution >= 4 is 0 Å². The fourth-order valence-electron chi connectivity index (χ4n) is 0.802. The number of hydrogen-bond donors (Lipinski definition) is 1. The lowest BCUT2D eigenvalue weighted by atomic mass is 10.3. The van der Waals surface area contributed by atoms with Gasteiger partial charge >= 0.3 is 0 Å². The van der Waals surface area contributed by atoms with Crippen LogP contribution in [0.5, 0.6) is 0 Å². The van der Waals surface area contributed by atoms with Crippen LogP contribution in [0.1, 0.15) is 6.42 Å². The van der Waals surface area contributed by atoms with Gasteiger partial charge in [-0.3, -0.25) is 0 Å². The molecule has 12 heavy (non-hydrogen) atoms. The number of rotatable bonds is 8. The van der Waals surface area contributed by atoms with Gasteiger partial charge in [-0.25, -0.2) is 0 Å². The first-order valence-electron chi connectivity index (χ1n) is 4.12. The van der Waals surface area contributed by atoms with E-state index in [0.29, 0.717) is 19.8 Å². The van der Waals surface area contributed by atoms with Crippen molar-refractivity contribution in [3.63, 3.8) is 0 Å². The van der Waals surface area contributed by atoms with Crippen molar-refractivity contribution in [2.75, 3.05) is 40.6 Å². The maximum absolute atomic E-state index is 5.62. The summed E-state index contributed by atoms with van der Waals surface area (Å²) in [5.41, 5.74) is 5.62. The largest absolute Gasteiger partial charge is 0.385 e. The Bertz CT molecular complexity index is 90.4. The van der Waals surface area contributed by atoms with E-state index in [-0.39, 0.29) is 6.04 Å². The van der Waals surface area contributed by atoms with Crippen LogP contribution in [0.25, 0.3) is 0 Å². The molecule has 0 rings (SSSR count). The molecule has 0 saturated heterocycles. The summed E-state index contributed by atoms with van der Waals surface area (Å²) in [5, 5.41) is 0. The molecule has 0 radical (unpaired) electrons. The molecule has 0 aromatic rings. The molecule has 0 bridgehead atoms. The van der Waals surface area contributed by atoms with Gasteiger partial charge in [0, 0.05) is 27.4 Å². The SMILES string of the molecule is COCCCOCC(N)COC. The summed E-state index contributed by atoms with van der Waals surface area (Å²) >= 11 is 0. The summed E-state index contributed by atoms with van der Waals surface area (Å²) in [7, 11) is 3.31. The van der Waals surface area contributed by atoms with Crippen molar-refractivity contribution in [1.82, 2.24) is 0 Å². The van der Waals surface area contributed by atoms with Crippen LogP contribution in [0.3, 0.4) is 0 Å². The fraction of sp³-hybridized carbons (Fsp3) is 1.00. The standard InChI is InChI=1S/C8H19NO3/c1-10-4-3-5-12-7-8(9)6-11-2/h8H,3-7,9H2,1-2H3. The molecular weight excluding hydrogens is 158 g/mol. The van der Waals surface area contributed by atoms with Crippen LogP contribution in [-0.4, -0.2) is 46.7 Å². The third-order valence-corrected chi connectivity index (χ3v) is 1.35. The van der Waals surface area contributed by atoms with Crippen molar-refractivity contribution in [2.45, 2.75) is 12.5 Å². The van der Waals surface area contributed by atoms with E-state index in [1.54, 1.807) is 14.2 Å². The van der Waals surface area contributed by atoms with E-state index in [4.69, 9.17) is 19.9 Å². The maximum Gasteiger partial charge on any atom is 0.0640 e. The highest BCUT2D eigenvalue weighted by Crippen LogP contribution is 1.86. The highest BCUT2D eigenvalue weighted by atomic mass is 16.5. The molecule has 0 amide bonds. The van der Waals surface area contributed by atoms with Crippen LogP contribution >= 0.6 is 0 Å². The lowest BCUT2D eigenvalue weighted by Crippen LogP contribution is -2.31. The molecule has 74 valence electrons. The Kier molecular flexibility index (Phi) is 8.81. The Balaban J connectivity index is 2.97. The van der Waals surface area contributed by atoms with Gasteiger partial charge in [-0.2, -0.15) is 0 Å². The molecule has 0 spiro atoms. The van der Waals surface area contributed by atoms with Gasteiger partial charge in [-0.05, 0) is 6.42 Å². The molecule has 0 saturated carbocycles. The molecule has 0 aliphatic heterocycles. The van der Waals surface area contributed by atoms with Gasteiger partial charge in [0.15, 0.2) is 0 Å². The van der Waals surface area contributed by atoms with Gasteiger partial charge in [0.1, 0.15) is 0 Å². The third kappa shape index (κ3) is 7.94. The summed E-state index contributed by atoms with van der Waals surface area (Å²) in [6, 6.07) is -0.0162. The average molecular weight is 177 g/mol. The monoisotopic (exact) mass is 177 g/mol. The highest BCUT2D eigenvalue weighted by molar-refractivity contribution is 4.56. The number of nitrogens with two attached hydrogens (primary N) is 1. The zero-order valence-corrected chi connectivity index (χ0v) is 7.91. The smallest absolute Gasteiger partial charge is 0.0640 e. The van der Waals surface area contributed by atoms with Crippen LogP contribution in [-0.2, 0) is 14.2 Å². The molecule has 0 aromatic carbocycles. The zero-order chi connectivity index (χ0) is 9.23. The second-order valence-electron chi connectivity index (χ2n) is 2.64. The second-order valence-corrected chi connectivity index (χ2v) is 2.64. The van der Waals surface area contributed by atoms with Crippen LogP contribution in [0, 0.1) is 0 Å². The molecule has 0 aliphatic rings. The van der Waals surface area contributed by atoms with E-state index in [2.05, 4.69) is 0 Å². The fourth-order valence-corrected chi connectivity index (χ4v) is 0.802. The summed E-state index contributed by atoms with van der Waals surface area (Å²) in [5.74, 6) is 0. The molecule has 0 fully saturated rings. The van der Waals surface area contributed by atoms with Gasteiger partial charge in [0.2, 0.25) is 0 Å². The van der Waals surface area contributed by atoms with Crippen molar-refractivity contribution in [2.24, 2.45) is 5.73 Å². The van der Waals surface area contributed by atoms with Crippen LogP contribution in [0.2, 0.25) is 0 Å². The average Bonchev–Trinajstić information content (AvgIpc) is 2.05. The van der Waals surface area contributed by atoms with Crippen LogP contribution in [0.4, 0.5) is 0 Å². The van der Waals surface area contributed by atoms with E-state index in [9.17, 15) is 0 Å². The van der Waals surface area contributed by atoms with Crippen LogP contribution in [0.15, 0.2) is 0 Å². The lowest BCUT2D eigenvalue weighted by Gasteiger charge is -2.10. The van der Waals surface area contributed by atoms with E-state index in [1.165, 1.54) is 0 Å².